The number of rotatable bonds is 5. The molecule has 26 heavy (non-hydrogen) atoms. The van der Waals surface area contributed by atoms with Crippen LogP contribution in [-0.4, -0.2) is 14.5 Å². The summed E-state index contributed by atoms with van der Waals surface area (Å²) < 4.78 is 8.04. The summed E-state index contributed by atoms with van der Waals surface area (Å²) >= 11 is 0. The Balaban J connectivity index is 1.70. The zero-order valence-electron chi connectivity index (χ0n) is 14.6. The molecule has 0 unspecified atom stereocenters. The van der Waals surface area contributed by atoms with Crippen LogP contribution in [0.25, 0.3) is 22.2 Å². The number of nitrogens with zero attached hydrogens (tertiary/aromatic N) is 3. The number of benzene rings is 2. The molecule has 0 saturated carbocycles. The fourth-order valence-electron chi connectivity index (χ4n) is 3.10. The molecule has 0 amide bonds. The summed E-state index contributed by atoms with van der Waals surface area (Å²) in [6.45, 7) is 3.43. The molecule has 0 bridgehead atoms. The Morgan fingerprint density at radius 1 is 1.04 bits per heavy atom. The van der Waals surface area contributed by atoms with Gasteiger partial charge in [0.25, 0.3) is 0 Å². The Kier molecular flexibility index (Phi) is 4.27. The summed E-state index contributed by atoms with van der Waals surface area (Å²) in [6.07, 6.45) is 3.58. The number of hydrogen-bond donors (Lipinski definition) is 1. The second-order valence-electron chi connectivity index (χ2n) is 6.09. The van der Waals surface area contributed by atoms with Gasteiger partial charge in [-0.15, -0.1) is 0 Å². The molecule has 4 rings (SSSR count). The lowest BCUT2D eigenvalue weighted by molar-refractivity contribution is 0.306. The highest BCUT2D eigenvalue weighted by atomic mass is 16.5. The first-order valence-corrected chi connectivity index (χ1v) is 8.62. The third kappa shape index (κ3) is 2.99. The summed E-state index contributed by atoms with van der Waals surface area (Å²) in [6, 6.07) is 18.2. The number of aryl methyl sites for hydroxylation is 1. The molecule has 0 atom stereocenters. The molecular formula is C21H20N4O. The van der Waals surface area contributed by atoms with Crippen molar-refractivity contribution in [1.82, 2.24) is 14.5 Å². The molecule has 4 aromatic rings. The monoisotopic (exact) mass is 344 g/mol. The van der Waals surface area contributed by atoms with Crippen LogP contribution in [0, 0.1) is 0 Å². The average Bonchev–Trinajstić information content (AvgIpc) is 3.08. The molecule has 2 aromatic carbocycles. The van der Waals surface area contributed by atoms with Crippen molar-refractivity contribution in [1.29, 1.82) is 0 Å². The van der Waals surface area contributed by atoms with Crippen LogP contribution in [0.3, 0.4) is 0 Å². The summed E-state index contributed by atoms with van der Waals surface area (Å²) in [5.74, 6) is 1.31. The van der Waals surface area contributed by atoms with Crippen molar-refractivity contribution in [2.75, 3.05) is 5.73 Å². The fourth-order valence-corrected chi connectivity index (χ4v) is 3.10. The number of fused-ring (bicyclic) bond motifs is 1. The number of ether oxygens (including phenoxy) is 1. The van der Waals surface area contributed by atoms with Gasteiger partial charge in [0.1, 0.15) is 30.1 Å². The molecule has 0 fully saturated rings. The van der Waals surface area contributed by atoms with Crippen LogP contribution in [0.5, 0.6) is 5.75 Å². The maximum absolute atomic E-state index is 6.14. The van der Waals surface area contributed by atoms with Gasteiger partial charge < -0.3 is 15.0 Å². The van der Waals surface area contributed by atoms with Crippen LogP contribution in [0.2, 0.25) is 0 Å². The molecule has 0 aliphatic rings. The first-order chi connectivity index (χ1) is 12.8. The second-order valence-corrected chi connectivity index (χ2v) is 6.09. The molecule has 5 nitrogen and oxygen atoms in total. The largest absolute Gasteiger partial charge is 0.489 e. The van der Waals surface area contributed by atoms with Gasteiger partial charge >= 0.3 is 0 Å². The molecule has 5 heteroatoms. The highest BCUT2D eigenvalue weighted by molar-refractivity contribution is 6.00. The number of nitrogens with two attached hydrogens (primary N) is 1. The average molecular weight is 344 g/mol. The first-order valence-electron chi connectivity index (χ1n) is 8.62. The SMILES string of the molecule is CCn1cc(-c2cccc(OCc3ccccc3)c2)c2c(N)ncnc21. The summed E-state index contributed by atoms with van der Waals surface area (Å²) in [5, 5.41) is 0.884. The number of aromatic nitrogens is 3. The van der Waals surface area contributed by atoms with Gasteiger partial charge in [0, 0.05) is 18.3 Å². The Morgan fingerprint density at radius 2 is 1.88 bits per heavy atom. The fraction of sp³-hybridized carbons (Fsp3) is 0.143. The van der Waals surface area contributed by atoms with Gasteiger partial charge in [-0.3, -0.25) is 0 Å². The second kappa shape index (κ2) is 6.88. The maximum Gasteiger partial charge on any atom is 0.146 e. The molecule has 2 heterocycles. The van der Waals surface area contributed by atoms with Gasteiger partial charge in [-0.05, 0) is 30.2 Å². The molecule has 0 spiro atoms. The van der Waals surface area contributed by atoms with Crippen molar-refractivity contribution in [3.05, 3.63) is 72.7 Å². The van der Waals surface area contributed by atoms with E-state index in [1.165, 1.54) is 6.33 Å². The highest BCUT2D eigenvalue weighted by Gasteiger charge is 2.14. The van der Waals surface area contributed by atoms with Crippen molar-refractivity contribution in [2.24, 2.45) is 0 Å². The number of anilines is 1. The predicted octanol–water partition coefficient (Wildman–Crippen LogP) is 4.28. The summed E-state index contributed by atoms with van der Waals surface area (Å²) in [5.41, 5.74) is 10.2. The lowest BCUT2D eigenvalue weighted by Gasteiger charge is -2.08. The van der Waals surface area contributed by atoms with Crippen LogP contribution < -0.4 is 10.5 Å². The van der Waals surface area contributed by atoms with E-state index in [1.807, 2.05) is 36.4 Å². The summed E-state index contributed by atoms with van der Waals surface area (Å²) in [4.78, 5) is 8.56. The van der Waals surface area contributed by atoms with E-state index >= 15 is 0 Å². The lowest BCUT2D eigenvalue weighted by Crippen LogP contribution is -1.96. The lowest BCUT2D eigenvalue weighted by atomic mass is 10.1. The quantitative estimate of drug-likeness (QED) is 0.587. The molecule has 0 saturated heterocycles. The van der Waals surface area contributed by atoms with E-state index in [-0.39, 0.29) is 0 Å². The van der Waals surface area contributed by atoms with Crippen LogP contribution >= 0.6 is 0 Å². The van der Waals surface area contributed by atoms with Gasteiger partial charge in [0.2, 0.25) is 0 Å². The van der Waals surface area contributed by atoms with Gasteiger partial charge in [-0.25, -0.2) is 9.97 Å². The van der Waals surface area contributed by atoms with Crippen LogP contribution in [0.1, 0.15) is 12.5 Å². The van der Waals surface area contributed by atoms with Gasteiger partial charge in [-0.1, -0.05) is 42.5 Å². The summed E-state index contributed by atoms with van der Waals surface area (Å²) in [7, 11) is 0. The molecule has 0 radical (unpaired) electrons. The van der Waals surface area contributed by atoms with E-state index in [0.29, 0.717) is 12.4 Å². The minimum Gasteiger partial charge on any atom is -0.489 e. The topological polar surface area (TPSA) is 66.0 Å². The Hall–Kier alpha value is -3.34. The van der Waals surface area contributed by atoms with E-state index in [4.69, 9.17) is 10.5 Å². The zero-order chi connectivity index (χ0) is 17.9. The van der Waals surface area contributed by atoms with Crippen molar-refractivity contribution < 1.29 is 4.74 Å². The van der Waals surface area contributed by atoms with Crippen LogP contribution in [0.4, 0.5) is 5.82 Å². The number of nitrogen functional groups attached to an aromatic ring is 1. The van der Waals surface area contributed by atoms with Crippen molar-refractivity contribution in [2.45, 2.75) is 20.1 Å². The van der Waals surface area contributed by atoms with E-state index < -0.39 is 0 Å². The Bertz CT molecular complexity index is 1040. The molecule has 130 valence electrons. The Labute approximate surface area is 152 Å². The highest BCUT2D eigenvalue weighted by Crippen LogP contribution is 2.34. The van der Waals surface area contributed by atoms with Crippen molar-refractivity contribution >= 4 is 16.9 Å². The van der Waals surface area contributed by atoms with Crippen molar-refractivity contribution in [3.63, 3.8) is 0 Å². The van der Waals surface area contributed by atoms with E-state index in [1.54, 1.807) is 0 Å². The van der Waals surface area contributed by atoms with Crippen molar-refractivity contribution in [3.8, 4) is 16.9 Å². The third-order valence-electron chi connectivity index (χ3n) is 4.42. The smallest absolute Gasteiger partial charge is 0.146 e. The van der Waals surface area contributed by atoms with Gasteiger partial charge in [0.05, 0.1) is 5.39 Å². The molecule has 2 N–H and O–H groups in total. The minimum atomic E-state index is 0.493. The molecular weight excluding hydrogens is 324 g/mol. The Morgan fingerprint density at radius 3 is 2.69 bits per heavy atom. The van der Waals surface area contributed by atoms with E-state index in [0.717, 1.165) is 40.0 Å². The first kappa shape index (κ1) is 16.1. The normalized spacial score (nSPS) is 11.0. The predicted molar refractivity (Wildman–Crippen MR) is 104 cm³/mol. The van der Waals surface area contributed by atoms with Crippen LogP contribution in [0.15, 0.2) is 67.1 Å². The van der Waals surface area contributed by atoms with Crippen LogP contribution in [-0.2, 0) is 13.2 Å². The molecule has 0 aliphatic carbocycles. The van der Waals surface area contributed by atoms with E-state index in [2.05, 4.69) is 45.9 Å². The third-order valence-corrected chi connectivity index (χ3v) is 4.42. The molecule has 0 aliphatic heterocycles. The van der Waals surface area contributed by atoms with Gasteiger partial charge in [0.15, 0.2) is 0 Å². The standard InChI is InChI=1S/C21H20N4O/c1-2-25-12-18(19-20(22)23-14-24-21(19)25)16-9-6-10-17(11-16)26-13-15-7-4-3-5-8-15/h3-12,14H,2,13H2,1H3,(H2,22,23,24). The minimum absolute atomic E-state index is 0.493. The van der Waals surface area contributed by atoms with Gasteiger partial charge in [-0.2, -0.15) is 0 Å². The zero-order valence-corrected chi connectivity index (χ0v) is 14.6. The maximum atomic E-state index is 6.14. The number of hydrogen-bond acceptors (Lipinski definition) is 4. The van der Waals surface area contributed by atoms with E-state index in [9.17, 15) is 0 Å². The molecule has 2 aromatic heterocycles.